The van der Waals surface area contributed by atoms with E-state index in [0.717, 1.165) is 94.4 Å². The van der Waals surface area contributed by atoms with Crippen molar-refractivity contribution in [3.63, 3.8) is 0 Å². The zero-order valence-electron chi connectivity index (χ0n) is 35.2. The van der Waals surface area contributed by atoms with Crippen LogP contribution >= 0.6 is 0 Å². The monoisotopic (exact) mass is 882 g/mol. The quantitative estimate of drug-likeness (QED) is 0.137. The van der Waals surface area contributed by atoms with E-state index < -0.39 is 45.7 Å². The summed E-state index contributed by atoms with van der Waals surface area (Å²) in [7, 11) is -3.37. The van der Waals surface area contributed by atoms with Crippen molar-refractivity contribution in [2.24, 2.45) is 17.6 Å². The number of piperidine rings is 4. The lowest BCUT2D eigenvalue weighted by atomic mass is 9.87. The van der Waals surface area contributed by atoms with E-state index in [2.05, 4.69) is 35.6 Å². The second kappa shape index (κ2) is 17.2. The Kier molecular flexibility index (Phi) is 11.7. The van der Waals surface area contributed by atoms with Crippen LogP contribution in [0, 0.1) is 11.8 Å². The molecule has 19 heteroatoms. The highest BCUT2D eigenvalue weighted by Crippen LogP contribution is 2.41. The van der Waals surface area contributed by atoms with Crippen LogP contribution in [0.1, 0.15) is 96.8 Å². The summed E-state index contributed by atoms with van der Waals surface area (Å²) in [5, 5.41) is 19.0. The van der Waals surface area contributed by atoms with E-state index in [1.54, 1.807) is 30.5 Å². The van der Waals surface area contributed by atoms with Gasteiger partial charge in [0, 0.05) is 80.8 Å². The van der Waals surface area contributed by atoms with E-state index in [4.69, 9.17) is 10.7 Å². The number of sulfone groups is 1. The number of amides is 5. The number of nitrogens with two attached hydrogens (primary N) is 1. The van der Waals surface area contributed by atoms with Crippen LogP contribution in [-0.2, 0) is 24.2 Å². The molecule has 2 aromatic carbocycles. The highest BCUT2D eigenvalue weighted by Gasteiger charge is 2.46. The van der Waals surface area contributed by atoms with Crippen LogP contribution in [0.4, 0.5) is 23.0 Å². The topological polar surface area (TPSA) is 241 Å². The molecule has 5 fully saturated rings. The third-order valence-corrected chi connectivity index (χ3v) is 15.0. The standard InChI is InChI=1S/C44H54N10O8S/c1-63(61,62)32-9-4-27(5-10-32)47-40-38(39(45)56)46-22-36(49-40)52-16-2-3-28(24-52)48-41(57)26-19-30-6-7-31(20-26)53(30)23-25-14-17-51(18-15-25)29-8-11-33-34(21-29)44(60)54(43(33)59)35-12-13-37(55)50-42(35)58/h4-5,8-11,21-22,25-26,28,30-31,35,39,56H,2-3,6-7,12-20,23-24,45H2,1H3,(H,47,49)(H,48,57)(H,50,55,58)/t26?,28-,30?,31?,35?,39?/m1/s1. The van der Waals surface area contributed by atoms with Crippen molar-refractivity contribution in [3.05, 3.63) is 65.5 Å². The molecule has 9 rings (SSSR count). The summed E-state index contributed by atoms with van der Waals surface area (Å²) in [6, 6.07) is 11.2. The number of anilines is 4. The molecular weight excluding hydrogens is 829 g/mol. The van der Waals surface area contributed by atoms with Gasteiger partial charge in [-0.3, -0.25) is 39.1 Å². The molecular formula is C44H54N10O8S. The number of nitrogens with one attached hydrogen (secondary N) is 3. The predicted molar refractivity (Wildman–Crippen MR) is 232 cm³/mol. The van der Waals surface area contributed by atoms with Gasteiger partial charge in [-0.1, -0.05) is 0 Å². The number of hydrogen-bond donors (Lipinski definition) is 5. The summed E-state index contributed by atoms with van der Waals surface area (Å²) >= 11 is 0. The van der Waals surface area contributed by atoms with Gasteiger partial charge in [0.2, 0.25) is 17.7 Å². The fourth-order valence-electron chi connectivity index (χ4n) is 10.5. The van der Waals surface area contributed by atoms with Gasteiger partial charge in [-0.25, -0.2) is 18.4 Å². The smallest absolute Gasteiger partial charge is 0.262 e. The molecule has 3 aromatic rings. The number of nitrogens with zero attached hydrogens (tertiary/aromatic N) is 6. The Morgan fingerprint density at radius 2 is 1.63 bits per heavy atom. The van der Waals surface area contributed by atoms with Crippen LogP contribution in [0.15, 0.2) is 53.6 Å². The predicted octanol–water partition coefficient (Wildman–Crippen LogP) is 2.22. The number of rotatable bonds is 11. The van der Waals surface area contributed by atoms with Crippen LogP contribution in [0.5, 0.6) is 0 Å². The maximum absolute atomic E-state index is 13.8. The Hall–Kier alpha value is -5.50. The minimum atomic E-state index is -3.37. The lowest BCUT2D eigenvalue weighted by molar-refractivity contribution is -0.136. The average Bonchev–Trinajstić information content (AvgIpc) is 3.63. The van der Waals surface area contributed by atoms with Gasteiger partial charge in [-0.15, -0.1) is 0 Å². The molecule has 0 spiro atoms. The van der Waals surface area contributed by atoms with Gasteiger partial charge >= 0.3 is 0 Å². The largest absolute Gasteiger partial charge is 0.373 e. The summed E-state index contributed by atoms with van der Waals surface area (Å²) in [4.78, 5) is 82.0. The van der Waals surface area contributed by atoms with E-state index in [0.29, 0.717) is 41.6 Å². The molecule has 63 heavy (non-hydrogen) atoms. The lowest BCUT2D eigenvalue weighted by Gasteiger charge is -2.42. The van der Waals surface area contributed by atoms with Gasteiger partial charge in [-0.05, 0) is 106 Å². The number of carbonyl (C=O) groups excluding carboxylic acids is 5. The second-order valence-electron chi connectivity index (χ2n) is 18.0. The first-order chi connectivity index (χ1) is 30.2. The number of benzene rings is 2. The molecule has 334 valence electrons. The molecule has 5 saturated heterocycles. The first-order valence-corrected chi connectivity index (χ1v) is 23.9. The third kappa shape index (κ3) is 8.75. The third-order valence-electron chi connectivity index (χ3n) is 13.8. The van der Waals surface area contributed by atoms with E-state index in [9.17, 15) is 37.5 Å². The summed E-state index contributed by atoms with van der Waals surface area (Å²) in [6.07, 6.45) is 9.05. The Labute approximate surface area is 365 Å². The number of aliphatic hydroxyl groups excluding tert-OH is 1. The van der Waals surface area contributed by atoms with Crippen molar-refractivity contribution in [2.75, 3.05) is 54.1 Å². The molecule has 6 N–H and O–H groups in total. The van der Waals surface area contributed by atoms with E-state index in [1.165, 1.54) is 12.1 Å². The fraction of sp³-hybridized carbons (Fsp3) is 0.523. The molecule has 0 radical (unpaired) electrons. The number of imide groups is 2. The van der Waals surface area contributed by atoms with Crippen molar-refractivity contribution >= 4 is 62.4 Å². The minimum Gasteiger partial charge on any atom is -0.373 e. The Bertz CT molecular complexity index is 2410. The van der Waals surface area contributed by atoms with Crippen LogP contribution in [-0.4, -0.2) is 126 Å². The number of aromatic nitrogens is 2. The number of fused-ring (bicyclic) bond motifs is 3. The minimum absolute atomic E-state index is 0.0497. The highest BCUT2D eigenvalue weighted by atomic mass is 32.2. The summed E-state index contributed by atoms with van der Waals surface area (Å²) in [6.45, 7) is 3.90. The average molecular weight is 883 g/mol. The normalized spacial score (nSPS) is 26.1. The first kappa shape index (κ1) is 42.8. The maximum Gasteiger partial charge on any atom is 0.262 e. The zero-order valence-corrected chi connectivity index (χ0v) is 36.1. The number of carbonyl (C=O) groups is 5. The van der Waals surface area contributed by atoms with Gasteiger partial charge in [0.15, 0.2) is 15.7 Å². The number of aliphatic hydroxyl groups is 1. The zero-order chi connectivity index (χ0) is 44.2. The van der Waals surface area contributed by atoms with Crippen LogP contribution < -0.4 is 31.5 Å². The Morgan fingerprint density at radius 3 is 2.32 bits per heavy atom. The van der Waals surface area contributed by atoms with Gasteiger partial charge in [-0.2, -0.15) is 0 Å². The molecule has 0 aliphatic carbocycles. The number of hydrogen-bond acceptors (Lipinski definition) is 15. The van der Waals surface area contributed by atoms with E-state index >= 15 is 0 Å². The molecule has 6 aliphatic heterocycles. The molecule has 0 saturated carbocycles. The summed E-state index contributed by atoms with van der Waals surface area (Å²) < 4.78 is 23.9. The molecule has 6 aliphatic rings. The van der Waals surface area contributed by atoms with Crippen LogP contribution in [0.2, 0.25) is 0 Å². The Morgan fingerprint density at radius 1 is 0.921 bits per heavy atom. The summed E-state index contributed by atoms with van der Waals surface area (Å²) in [5.41, 5.74) is 7.97. The fourth-order valence-corrected chi connectivity index (χ4v) is 11.1. The molecule has 5 amide bonds. The van der Waals surface area contributed by atoms with Crippen molar-refractivity contribution in [2.45, 2.75) is 99.5 Å². The van der Waals surface area contributed by atoms with Gasteiger partial charge in [0.25, 0.3) is 11.8 Å². The van der Waals surface area contributed by atoms with Gasteiger partial charge in [0.05, 0.1) is 22.2 Å². The van der Waals surface area contributed by atoms with Crippen LogP contribution in [0.25, 0.3) is 0 Å². The van der Waals surface area contributed by atoms with E-state index in [1.807, 2.05) is 6.07 Å². The molecule has 18 nitrogen and oxygen atoms in total. The van der Waals surface area contributed by atoms with Crippen LogP contribution in [0.3, 0.4) is 0 Å². The lowest BCUT2D eigenvalue weighted by Crippen LogP contribution is -2.54. The molecule has 1 aromatic heterocycles. The molecule has 4 unspecified atom stereocenters. The first-order valence-electron chi connectivity index (χ1n) is 22.0. The van der Waals surface area contributed by atoms with Crippen molar-refractivity contribution in [3.8, 4) is 0 Å². The van der Waals surface area contributed by atoms with Crippen molar-refractivity contribution in [1.29, 1.82) is 0 Å². The SMILES string of the molecule is CS(=O)(=O)c1ccc(Nc2nc(N3CCC[C@@H](NC(=O)C4CC5CCC(C4)N5CC4CCN(c5ccc6c(c5)C(=O)N(C5CCC(=O)NC5=O)C6=O)CC4)C3)cnc2C(N)O)cc1. The van der Waals surface area contributed by atoms with E-state index in [-0.39, 0.29) is 52.7 Å². The molecule has 2 bridgehead atoms. The Balaban J connectivity index is 0.764. The van der Waals surface area contributed by atoms with Crippen molar-refractivity contribution in [1.82, 2.24) is 30.4 Å². The van der Waals surface area contributed by atoms with Gasteiger partial charge < -0.3 is 31.3 Å². The summed E-state index contributed by atoms with van der Waals surface area (Å²) in [5.74, 6) is -0.631. The second-order valence-corrected chi connectivity index (χ2v) is 20.0. The highest BCUT2D eigenvalue weighted by molar-refractivity contribution is 7.90. The maximum atomic E-state index is 13.8. The van der Waals surface area contributed by atoms with Gasteiger partial charge in [0.1, 0.15) is 23.8 Å². The molecule has 5 atom stereocenters. The molecule has 7 heterocycles. The van der Waals surface area contributed by atoms with Crippen molar-refractivity contribution < 1.29 is 37.5 Å².